The van der Waals surface area contributed by atoms with Crippen molar-refractivity contribution in [1.82, 2.24) is 10.2 Å². The van der Waals surface area contributed by atoms with Crippen LogP contribution in [0.25, 0.3) is 0 Å². The zero-order chi connectivity index (χ0) is 15.6. The summed E-state index contributed by atoms with van der Waals surface area (Å²) in [5.41, 5.74) is 2.84. The Labute approximate surface area is 126 Å². The lowest BCUT2D eigenvalue weighted by Crippen LogP contribution is -2.59. The van der Waals surface area contributed by atoms with Gasteiger partial charge in [0, 0.05) is 18.7 Å². The van der Waals surface area contributed by atoms with E-state index in [1.54, 1.807) is 0 Å². The lowest BCUT2D eigenvalue weighted by molar-refractivity contribution is -0.129. The summed E-state index contributed by atoms with van der Waals surface area (Å²) in [6.07, 6.45) is 0.719. The zero-order valence-corrected chi connectivity index (χ0v) is 13.3. The van der Waals surface area contributed by atoms with Gasteiger partial charge < -0.3 is 5.32 Å². The van der Waals surface area contributed by atoms with Crippen molar-refractivity contribution in [3.8, 4) is 0 Å². The van der Waals surface area contributed by atoms with Gasteiger partial charge in [0.1, 0.15) is 0 Å². The van der Waals surface area contributed by atoms with Crippen LogP contribution in [-0.4, -0.2) is 41.8 Å². The first-order valence-corrected chi connectivity index (χ1v) is 7.60. The Kier molecular flexibility index (Phi) is 4.78. The Morgan fingerprint density at radius 2 is 2.14 bits per heavy atom. The van der Waals surface area contributed by atoms with Crippen LogP contribution in [0.15, 0.2) is 18.2 Å². The van der Waals surface area contributed by atoms with Gasteiger partial charge in [-0.05, 0) is 38.8 Å². The number of amides is 1. The van der Waals surface area contributed by atoms with Gasteiger partial charge in [-0.15, -0.1) is 0 Å². The molecule has 1 amide bonds. The number of benzene rings is 1. The van der Waals surface area contributed by atoms with E-state index in [9.17, 15) is 9.59 Å². The summed E-state index contributed by atoms with van der Waals surface area (Å²) in [6, 6.07) is 5.46. The molecule has 2 atom stereocenters. The number of carbonyl (C=O) groups is 2. The molecule has 1 fully saturated rings. The first-order valence-electron chi connectivity index (χ1n) is 7.60. The molecule has 2 rings (SSSR count). The van der Waals surface area contributed by atoms with E-state index in [2.05, 4.69) is 5.32 Å². The smallest absolute Gasteiger partial charge is 0.237 e. The molecule has 0 aromatic heterocycles. The molecule has 1 aliphatic rings. The van der Waals surface area contributed by atoms with Gasteiger partial charge >= 0.3 is 0 Å². The topological polar surface area (TPSA) is 49.4 Å². The minimum Gasteiger partial charge on any atom is -0.353 e. The fraction of sp³-hybridized carbons (Fsp3) is 0.529. The van der Waals surface area contributed by atoms with Gasteiger partial charge in [-0.2, -0.15) is 0 Å². The lowest BCUT2D eigenvalue weighted by Gasteiger charge is -2.38. The molecule has 1 saturated heterocycles. The highest BCUT2D eigenvalue weighted by Crippen LogP contribution is 2.19. The van der Waals surface area contributed by atoms with E-state index >= 15 is 0 Å². The van der Waals surface area contributed by atoms with Gasteiger partial charge in [-0.3, -0.25) is 14.5 Å². The Balaban J connectivity index is 2.25. The third-order valence-electron chi connectivity index (χ3n) is 4.29. The van der Waals surface area contributed by atoms with Crippen molar-refractivity contribution in [2.45, 2.75) is 46.2 Å². The Morgan fingerprint density at radius 3 is 2.81 bits per heavy atom. The second kappa shape index (κ2) is 6.39. The molecule has 1 heterocycles. The Hall–Kier alpha value is -1.68. The summed E-state index contributed by atoms with van der Waals surface area (Å²) >= 11 is 0. The van der Waals surface area contributed by atoms with Crippen LogP contribution in [0.5, 0.6) is 0 Å². The monoisotopic (exact) mass is 288 g/mol. The second-order valence-corrected chi connectivity index (χ2v) is 5.81. The van der Waals surface area contributed by atoms with E-state index in [1.165, 1.54) is 0 Å². The molecule has 114 valence electrons. The molecular formula is C17H24N2O2. The average molecular weight is 288 g/mol. The molecule has 21 heavy (non-hydrogen) atoms. The van der Waals surface area contributed by atoms with E-state index < -0.39 is 0 Å². The number of hydrogen-bond acceptors (Lipinski definition) is 3. The molecule has 0 bridgehead atoms. The number of nitrogens with one attached hydrogen (secondary N) is 1. The molecule has 0 aliphatic carbocycles. The van der Waals surface area contributed by atoms with Crippen LogP contribution < -0.4 is 5.32 Å². The summed E-state index contributed by atoms with van der Waals surface area (Å²) in [5, 5.41) is 2.88. The summed E-state index contributed by atoms with van der Waals surface area (Å²) in [7, 11) is 0. The molecule has 1 aromatic rings. The number of aryl methyl sites for hydroxylation is 2. The number of ketones is 1. The molecule has 4 nitrogen and oxygen atoms in total. The highest BCUT2D eigenvalue weighted by Gasteiger charge is 2.34. The number of Topliss-reactive ketones (excluding diaryl/α,β-unsaturated/α-hetero) is 1. The third-order valence-corrected chi connectivity index (χ3v) is 4.29. The summed E-state index contributed by atoms with van der Waals surface area (Å²) < 4.78 is 0. The fourth-order valence-electron chi connectivity index (χ4n) is 2.99. The van der Waals surface area contributed by atoms with E-state index in [-0.39, 0.29) is 23.8 Å². The first kappa shape index (κ1) is 15.7. The molecule has 1 aliphatic heterocycles. The second-order valence-electron chi connectivity index (χ2n) is 5.81. The normalized spacial score (nSPS) is 21.0. The standard InChI is InChI=1S/C17H24N2O2/c1-5-15-17(21)18-8-9-19(15)13(4)16(20)14-10-11(2)6-7-12(14)3/h6-7,10,13,15H,5,8-9H2,1-4H3,(H,18,21). The largest absolute Gasteiger partial charge is 0.353 e. The quantitative estimate of drug-likeness (QED) is 0.863. The van der Waals surface area contributed by atoms with Crippen molar-refractivity contribution in [3.63, 3.8) is 0 Å². The van der Waals surface area contributed by atoms with E-state index in [0.717, 1.165) is 29.7 Å². The van der Waals surface area contributed by atoms with Gasteiger partial charge in [0.2, 0.25) is 5.91 Å². The van der Waals surface area contributed by atoms with E-state index in [0.29, 0.717) is 6.54 Å². The van der Waals surface area contributed by atoms with Crippen molar-refractivity contribution in [3.05, 3.63) is 34.9 Å². The predicted molar refractivity (Wildman–Crippen MR) is 83.5 cm³/mol. The van der Waals surface area contributed by atoms with Crippen LogP contribution in [-0.2, 0) is 4.79 Å². The molecule has 0 saturated carbocycles. The van der Waals surface area contributed by atoms with E-state index in [1.807, 2.05) is 50.8 Å². The van der Waals surface area contributed by atoms with Crippen LogP contribution in [0, 0.1) is 13.8 Å². The van der Waals surface area contributed by atoms with Crippen molar-refractivity contribution in [2.75, 3.05) is 13.1 Å². The Bertz CT molecular complexity index is 554. The van der Waals surface area contributed by atoms with Crippen LogP contribution in [0.2, 0.25) is 0 Å². The lowest BCUT2D eigenvalue weighted by atomic mass is 9.96. The summed E-state index contributed by atoms with van der Waals surface area (Å²) in [5.74, 6) is 0.133. The van der Waals surface area contributed by atoms with Crippen LogP contribution >= 0.6 is 0 Å². The first-order chi connectivity index (χ1) is 9.95. The van der Waals surface area contributed by atoms with Crippen LogP contribution in [0.4, 0.5) is 0 Å². The van der Waals surface area contributed by atoms with Crippen molar-refractivity contribution in [2.24, 2.45) is 0 Å². The minimum absolute atomic E-state index is 0.0318. The van der Waals surface area contributed by atoms with Gasteiger partial charge in [0.15, 0.2) is 5.78 Å². The number of hydrogen-bond donors (Lipinski definition) is 1. The van der Waals surface area contributed by atoms with Crippen LogP contribution in [0.1, 0.15) is 41.8 Å². The fourth-order valence-corrected chi connectivity index (χ4v) is 2.99. The maximum atomic E-state index is 12.8. The third kappa shape index (κ3) is 3.16. The SMILES string of the molecule is CCC1C(=O)NCCN1C(C)C(=O)c1cc(C)ccc1C. The molecule has 2 unspecified atom stereocenters. The van der Waals surface area contributed by atoms with Crippen molar-refractivity contribution >= 4 is 11.7 Å². The van der Waals surface area contributed by atoms with Gasteiger partial charge in [-0.25, -0.2) is 0 Å². The molecule has 0 radical (unpaired) electrons. The molecular weight excluding hydrogens is 264 g/mol. The van der Waals surface area contributed by atoms with Crippen LogP contribution in [0.3, 0.4) is 0 Å². The average Bonchev–Trinajstić information content (AvgIpc) is 2.48. The predicted octanol–water partition coefficient (Wildman–Crippen LogP) is 2.09. The maximum absolute atomic E-state index is 12.8. The zero-order valence-electron chi connectivity index (χ0n) is 13.3. The molecule has 0 spiro atoms. The van der Waals surface area contributed by atoms with Gasteiger partial charge in [0.05, 0.1) is 12.1 Å². The number of carbonyl (C=O) groups excluding carboxylic acids is 2. The Morgan fingerprint density at radius 1 is 1.43 bits per heavy atom. The number of rotatable bonds is 4. The van der Waals surface area contributed by atoms with Crippen molar-refractivity contribution in [1.29, 1.82) is 0 Å². The minimum atomic E-state index is -0.276. The van der Waals surface area contributed by atoms with Crippen molar-refractivity contribution < 1.29 is 9.59 Å². The highest BCUT2D eigenvalue weighted by atomic mass is 16.2. The molecule has 1 N–H and O–H groups in total. The highest BCUT2D eigenvalue weighted by molar-refractivity contribution is 6.01. The summed E-state index contributed by atoms with van der Waals surface area (Å²) in [4.78, 5) is 26.8. The molecule has 4 heteroatoms. The molecule has 1 aromatic carbocycles. The van der Waals surface area contributed by atoms with Gasteiger partial charge in [0.25, 0.3) is 0 Å². The number of piperazine rings is 1. The van der Waals surface area contributed by atoms with Gasteiger partial charge in [-0.1, -0.05) is 24.6 Å². The maximum Gasteiger partial charge on any atom is 0.237 e. The van der Waals surface area contributed by atoms with E-state index in [4.69, 9.17) is 0 Å². The number of nitrogens with zero attached hydrogens (tertiary/aromatic N) is 1. The summed E-state index contributed by atoms with van der Waals surface area (Å²) in [6.45, 7) is 9.18.